The maximum Gasteiger partial charge on any atom is 0.224 e. The molecule has 0 bridgehead atoms. The second kappa shape index (κ2) is 10.5. The van der Waals surface area contributed by atoms with Crippen LogP contribution in [0.15, 0.2) is 12.1 Å². The molecule has 0 aliphatic heterocycles. The van der Waals surface area contributed by atoms with Crippen LogP contribution in [0.25, 0.3) is 0 Å². The normalized spacial score (nSPS) is 10.2. The van der Waals surface area contributed by atoms with Gasteiger partial charge in [-0.15, -0.1) is 0 Å². The van der Waals surface area contributed by atoms with Gasteiger partial charge in [-0.2, -0.15) is 0 Å². The summed E-state index contributed by atoms with van der Waals surface area (Å²) in [4.78, 5) is 27.7. The van der Waals surface area contributed by atoms with E-state index >= 15 is 0 Å². The summed E-state index contributed by atoms with van der Waals surface area (Å²) in [5, 5.41) is 0. The van der Waals surface area contributed by atoms with Crippen LogP contribution in [0.2, 0.25) is 0 Å². The quantitative estimate of drug-likeness (QED) is 0.637. The largest absolute Gasteiger partial charge is 0.493 e. The minimum absolute atomic E-state index is 0.0112. The Hall–Kier alpha value is -2.44. The van der Waals surface area contributed by atoms with Crippen molar-refractivity contribution in [2.24, 2.45) is 0 Å². The van der Waals surface area contributed by atoms with Gasteiger partial charge in [0, 0.05) is 45.6 Å². The minimum Gasteiger partial charge on any atom is -0.493 e. The molecule has 0 aliphatic carbocycles. The van der Waals surface area contributed by atoms with E-state index in [4.69, 9.17) is 14.2 Å². The van der Waals surface area contributed by atoms with Crippen molar-refractivity contribution in [1.82, 2.24) is 4.90 Å². The molecule has 0 radical (unpaired) electrons. The van der Waals surface area contributed by atoms with E-state index < -0.39 is 0 Å². The number of carbonyl (C=O) groups excluding carboxylic acids is 2. The lowest BCUT2D eigenvalue weighted by Crippen LogP contribution is -2.35. The predicted molar refractivity (Wildman–Crippen MR) is 101 cm³/mol. The summed E-state index contributed by atoms with van der Waals surface area (Å²) >= 11 is 0. The van der Waals surface area contributed by atoms with E-state index in [-0.39, 0.29) is 24.8 Å². The van der Waals surface area contributed by atoms with E-state index in [2.05, 4.69) is 6.92 Å². The summed E-state index contributed by atoms with van der Waals surface area (Å²) in [5.41, 5.74) is 0.594. The van der Waals surface area contributed by atoms with E-state index in [1.165, 1.54) is 33.2 Å². The molecule has 2 amide bonds. The van der Waals surface area contributed by atoms with E-state index in [0.29, 0.717) is 22.9 Å². The van der Waals surface area contributed by atoms with Crippen molar-refractivity contribution >= 4 is 17.5 Å². The summed E-state index contributed by atoms with van der Waals surface area (Å²) in [5.74, 6) is 1.22. The molecule has 26 heavy (non-hydrogen) atoms. The molecule has 7 heteroatoms. The second-order valence-corrected chi connectivity index (χ2v) is 5.97. The van der Waals surface area contributed by atoms with Crippen LogP contribution in [-0.2, 0) is 9.59 Å². The lowest BCUT2D eigenvalue weighted by molar-refractivity contribution is -0.129. The zero-order chi connectivity index (χ0) is 19.7. The summed E-state index contributed by atoms with van der Waals surface area (Å²) in [6, 6.07) is 3.40. The van der Waals surface area contributed by atoms with Gasteiger partial charge in [-0.1, -0.05) is 13.3 Å². The number of nitrogens with zero attached hydrogens (tertiary/aromatic N) is 2. The van der Waals surface area contributed by atoms with Gasteiger partial charge in [0.1, 0.15) is 0 Å². The third kappa shape index (κ3) is 5.54. The molecule has 1 rings (SSSR count). The summed E-state index contributed by atoms with van der Waals surface area (Å²) in [6.45, 7) is 4.55. The predicted octanol–water partition coefficient (Wildman–Crippen LogP) is 2.71. The fraction of sp³-hybridized carbons (Fsp3) is 0.579. The average Bonchev–Trinajstić information content (AvgIpc) is 2.64. The van der Waals surface area contributed by atoms with Crippen LogP contribution in [0.5, 0.6) is 17.2 Å². The first-order valence-corrected chi connectivity index (χ1v) is 8.71. The van der Waals surface area contributed by atoms with Crippen molar-refractivity contribution in [3.05, 3.63) is 12.1 Å². The van der Waals surface area contributed by atoms with Gasteiger partial charge in [-0.3, -0.25) is 9.59 Å². The number of anilines is 1. The molecule has 0 N–H and O–H groups in total. The molecule has 7 nitrogen and oxygen atoms in total. The van der Waals surface area contributed by atoms with Gasteiger partial charge in [-0.25, -0.2) is 0 Å². The molecule has 0 aliphatic rings. The zero-order valence-corrected chi connectivity index (χ0v) is 16.6. The number of rotatable bonds is 10. The number of carbonyl (C=O) groups is 2. The molecule has 1 aromatic rings. The van der Waals surface area contributed by atoms with Crippen LogP contribution in [0.1, 0.15) is 33.1 Å². The minimum atomic E-state index is -0.164. The summed E-state index contributed by atoms with van der Waals surface area (Å²) in [6.07, 6.45) is 2.24. The molecular formula is C19H30N2O5. The number of unbranched alkanes of at least 4 members (excludes halogenated alkanes) is 1. The van der Waals surface area contributed by atoms with Crippen LogP contribution in [0.3, 0.4) is 0 Å². The first-order valence-electron chi connectivity index (χ1n) is 8.71. The number of hydrogen-bond donors (Lipinski definition) is 0. The monoisotopic (exact) mass is 366 g/mol. The Kier molecular flexibility index (Phi) is 8.75. The van der Waals surface area contributed by atoms with Crippen molar-refractivity contribution in [3.8, 4) is 17.2 Å². The Balaban J connectivity index is 3.00. The molecule has 0 fully saturated rings. The van der Waals surface area contributed by atoms with Gasteiger partial charge in [0.05, 0.1) is 27.0 Å². The molecule has 146 valence electrons. The molecule has 0 spiro atoms. The first-order chi connectivity index (χ1) is 12.4. The highest BCUT2D eigenvalue weighted by atomic mass is 16.5. The number of methoxy groups -OCH3 is 3. The zero-order valence-electron chi connectivity index (χ0n) is 16.6. The van der Waals surface area contributed by atoms with Crippen LogP contribution in [-0.4, -0.2) is 58.2 Å². The lowest BCUT2D eigenvalue weighted by Gasteiger charge is -2.24. The molecule has 0 aromatic heterocycles. The summed E-state index contributed by atoms with van der Waals surface area (Å²) < 4.78 is 16.0. The SMILES string of the molecule is CCCCN(C)C(=O)CCN(C(C)=O)c1cc(OC)c(OC)c(OC)c1. The maximum absolute atomic E-state index is 12.3. The Labute approximate surface area is 155 Å². The molecule has 0 heterocycles. The Bertz CT molecular complexity index is 593. The van der Waals surface area contributed by atoms with E-state index in [0.717, 1.165) is 19.4 Å². The Morgan fingerprint density at radius 1 is 1.00 bits per heavy atom. The number of hydrogen-bond acceptors (Lipinski definition) is 5. The van der Waals surface area contributed by atoms with Gasteiger partial charge in [-0.05, 0) is 6.42 Å². The number of benzene rings is 1. The van der Waals surface area contributed by atoms with Gasteiger partial charge in [0.25, 0.3) is 0 Å². The van der Waals surface area contributed by atoms with Crippen LogP contribution in [0.4, 0.5) is 5.69 Å². The van der Waals surface area contributed by atoms with E-state index in [9.17, 15) is 9.59 Å². The van der Waals surface area contributed by atoms with Crippen molar-refractivity contribution in [2.75, 3.05) is 46.4 Å². The van der Waals surface area contributed by atoms with Crippen LogP contribution in [0, 0.1) is 0 Å². The first kappa shape index (κ1) is 21.6. The molecule has 1 aromatic carbocycles. The lowest BCUT2D eigenvalue weighted by atomic mass is 10.2. The highest BCUT2D eigenvalue weighted by Gasteiger charge is 2.20. The second-order valence-electron chi connectivity index (χ2n) is 5.97. The highest BCUT2D eigenvalue weighted by Crippen LogP contribution is 2.41. The smallest absolute Gasteiger partial charge is 0.224 e. The van der Waals surface area contributed by atoms with Gasteiger partial charge in [0.15, 0.2) is 11.5 Å². The Morgan fingerprint density at radius 2 is 1.58 bits per heavy atom. The number of amides is 2. The van der Waals surface area contributed by atoms with Gasteiger partial charge in [0.2, 0.25) is 17.6 Å². The van der Waals surface area contributed by atoms with Crippen molar-refractivity contribution in [2.45, 2.75) is 33.1 Å². The van der Waals surface area contributed by atoms with E-state index in [1.807, 2.05) is 0 Å². The van der Waals surface area contributed by atoms with Gasteiger partial charge < -0.3 is 24.0 Å². The maximum atomic E-state index is 12.3. The standard InChI is InChI=1S/C19H30N2O5/c1-7-8-10-20(3)18(23)9-11-21(14(2)22)15-12-16(24-4)19(26-6)17(13-15)25-5/h12-13H,7-11H2,1-6H3. The average molecular weight is 366 g/mol. The van der Waals surface area contributed by atoms with E-state index in [1.54, 1.807) is 24.1 Å². The molecule has 0 unspecified atom stereocenters. The topological polar surface area (TPSA) is 68.3 Å². The van der Waals surface area contributed by atoms with Crippen molar-refractivity contribution < 1.29 is 23.8 Å². The molecule has 0 atom stereocenters. The number of ether oxygens (including phenoxy) is 3. The third-order valence-corrected chi connectivity index (χ3v) is 4.16. The molecule has 0 saturated heterocycles. The fourth-order valence-corrected chi connectivity index (χ4v) is 2.61. The van der Waals surface area contributed by atoms with Crippen LogP contribution >= 0.6 is 0 Å². The molecule has 0 saturated carbocycles. The third-order valence-electron chi connectivity index (χ3n) is 4.16. The Morgan fingerprint density at radius 3 is 2.00 bits per heavy atom. The van der Waals surface area contributed by atoms with Crippen molar-refractivity contribution in [1.29, 1.82) is 0 Å². The fourth-order valence-electron chi connectivity index (χ4n) is 2.61. The van der Waals surface area contributed by atoms with Crippen LogP contribution < -0.4 is 19.1 Å². The highest BCUT2D eigenvalue weighted by molar-refractivity contribution is 5.93. The van der Waals surface area contributed by atoms with Crippen molar-refractivity contribution in [3.63, 3.8) is 0 Å². The van der Waals surface area contributed by atoms with Gasteiger partial charge >= 0.3 is 0 Å². The summed E-state index contributed by atoms with van der Waals surface area (Å²) in [7, 11) is 6.35. The molecular weight excluding hydrogens is 336 g/mol.